The Labute approximate surface area is 158 Å². The molecule has 1 atom stereocenters. The lowest BCUT2D eigenvalue weighted by Gasteiger charge is -2.33. The van der Waals surface area contributed by atoms with Gasteiger partial charge in [-0.25, -0.2) is 4.98 Å². The molecule has 1 aliphatic heterocycles. The van der Waals surface area contributed by atoms with Crippen molar-refractivity contribution in [3.63, 3.8) is 0 Å². The van der Waals surface area contributed by atoms with E-state index in [2.05, 4.69) is 53.2 Å². The van der Waals surface area contributed by atoms with Crippen molar-refractivity contribution >= 4 is 21.6 Å². The molecule has 3 aromatic rings. The summed E-state index contributed by atoms with van der Waals surface area (Å²) < 4.78 is 6.81. The molecule has 26 heavy (non-hydrogen) atoms. The van der Waals surface area contributed by atoms with Gasteiger partial charge in [-0.05, 0) is 51.4 Å². The first-order chi connectivity index (χ1) is 12.7. The minimum atomic E-state index is 0.189. The van der Waals surface area contributed by atoms with Gasteiger partial charge in [0, 0.05) is 12.3 Å². The Morgan fingerprint density at radius 3 is 2.81 bits per heavy atom. The lowest BCUT2D eigenvalue weighted by atomic mass is 9.96. The topological polar surface area (TPSA) is 55.1 Å². The number of hydrogen-bond donors (Lipinski definition) is 0. The number of aromatic nitrogens is 3. The molecule has 1 aromatic carbocycles. The molecule has 0 saturated carbocycles. The van der Waals surface area contributed by atoms with Crippen LogP contribution in [0.15, 0.2) is 28.8 Å². The number of rotatable bonds is 6. The third-order valence-corrected chi connectivity index (χ3v) is 6.53. The van der Waals surface area contributed by atoms with Gasteiger partial charge in [-0.3, -0.25) is 4.90 Å². The van der Waals surface area contributed by atoms with E-state index in [1.165, 1.54) is 9.71 Å². The summed E-state index contributed by atoms with van der Waals surface area (Å²) in [5.41, 5.74) is 1.13. The van der Waals surface area contributed by atoms with Gasteiger partial charge in [-0.15, -0.1) is 11.3 Å². The number of thiazole rings is 1. The van der Waals surface area contributed by atoms with Gasteiger partial charge in [0.25, 0.3) is 0 Å². The highest BCUT2D eigenvalue weighted by Crippen LogP contribution is 2.35. The van der Waals surface area contributed by atoms with Crippen LogP contribution in [0.2, 0.25) is 0 Å². The van der Waals surface area contributed by atoms with Gasteiger partial charge in [-0.2, -0.15) is 4.98 Å². The van der Waals surface area contributed by atoms with Crippen molar-refractivity contribution in [1.82, 2.24) is 20.0 Å². The summed E-state index contributed by atoms with van der Waals surface area (Å²) in [5.74, 6) is 2.17. The first-order valence-corrected chi connectivity index (χ1v) is 10.5. The fourth-order valence-electron chi connectivity index (χ4n) is 3.63. The highest BCUT2D eigenvalue weighted by Gasteiger charge is 2.28. The van der Waals surface area contributed by atoms with E-state index in [1.807, 2.05) is 11.3 Å². The number of nitrogens with zero attached hydrogens (tertiary/aromatic N) is 4. The van der Waals surface area contributed by atoms with E-state index in [0.717, 1.165) is 62.4 Å². The Morgan fingerprint density at radius 2 is 2.04 bits per heavy atom. The van der Waals surface area contributed by atoms with Gasteiger partial charge in [0.15, 0.2) is 5.82 Å². The van der Waals surface area contributed by atoms with Crippen LogP contribution in [0.3, 0.4) is 0 Å². The number of aryl methyl sites for hydroxylation is 1. The molecule has 0 N–H and O–H groups in total. The molecule has 138 valence electrons. The molecule has 6 heteroatoms. The summed E-state index contributed by atoms with van der Waals surface area (Å²) in [7, 11) is 0. The number of para-hydroxylation sites is 1. The molecule has 5 nitrogen and oxygen atoms in total. The number of hydrogen-bond acceptors (Lipinski definition) is 6. The summed E-state index contributed by atoms with van der Waals surface area (Å²) in [4.78, 5) is 11.9. The first kappa shape index (κ1) is 17.6. The van der Waals surface area contributed by atoms with Gasteiger partial charge in [0.05, 0.1) is 21.3 Å². The maximum Gasteiger partial charge on any atom is 0.243 e. The molecule has 0 radical (unpaired) electrons. The highest BCUT2D eigenvalue weighted by atomic mass is 32.1. The van der Waals surface area contributed by atoms with Crippen LogP contribution >= 0.6 is 11.3 Å². The highest BCUT2D eigenvalue weighted by molar-refractivity contribution is 7.18. The molecular formula is C20H26N4OS. The molecule has 0 amide bonds. The number of piperidine rings is 1. The number of fused-ring (bicyclic) bond motifs is 1. The van der Waals surface area contributed by atoms with E-state index in [4.69, 9.17) is 9.51 Å². The second kappa shape index (κ2) is 7.84. The van der Waals surface area contributed by atoms with Crippen molar-refractivity contribution in [1.29, 1.82) is 0 Å². The van der Waals surface area contributed by atoms with Crippen molar-refractivity contribution in [2.24, 2.45) is 0 Å². The summed E-state index contributed by atoms with van der Waals surface area (Å²) >= 11 is 1.85. The Hall–Kier alpha value is -1.79. The average Bonchev–Trinajstić information content (AvgIpc) is 3.33. The molecule has 0 bridgehead atoms. The SMILES string of the molecule is CCCCc1noc(C(C)N2CCC(c3nc4ccccc4s3)CC2)n1. The Bertz CT molecular complexity index is 817. The van der Waals surface area contributed by atoms with Gasteiger partial charge in [-0.1, -0.05) is 30.6 Å². The van der Waals surface area contributed by atoms with Crippen molar-refractivity contribution in [3.8, 4) is 0 Å². The summed E-state index contributed by atoms with van der Waals surface area (Å²) in [6, 6.07) is 8.62. The molecule has 1 saturated heterocycles. The second-order valence-electron chi connectivity index (χ2n) is 7.16. The normalized spacial score (nSPS) is 17.8. The van der Waals surface area contributed by atoms with Gasteiger partial charge in [0.2, 0.25) is 5.89 Å². The van der Waals surface area contributed by atoms with E-state index in [1.54, 1.807) is 0 Å². The summed E-state index contributed by atoms with van der Waals surface area (Å²) in [6.07, 6.45) is 5.45. The van der Waals surface area contributed by atoms with Crippen LogP contribution in [0.4, 0.5) is 0 Å². The molecule has 1 fully saturated rings. The van der Waals surface area contributed by atoms with Crippen molar-refractivity contribution < 1.29 is 4.52 Å². The summed E-state index contributed by atoms with van der Waals surface area (Å²) in [5, 5.41) is 5.43. The maximum absolute atomic E-state index is 5.52. The fraction of sp³-hybridized carbons (Fsp3) is 0.550. The molecule has 0 spiro atoms. The minimum Gasteiger partial charge on any atom is -0.338 e. The van der Waals surface area contributed by atoms with Crippen LogP contribution in [-0.4, -0.2) is 33.1 Å². The molecule has 1 unspecified atom stereocenters. The summed E-state index contributed by atoms with van der Waals surface area (Å²) in [6.45, 7) is 6.46. The Morgan fingerprint density at radius 1 is 1.23 bits per heavy atom. The average molecular weight is 371 g/mol. The molecule has 0 aliphatic carbocycles. The standard InChI is InChI=1S/C20H26N4OS/c1-3-4-9-18-22-19(25-23-18)14(2)24-12-10-15(11-13-24)20-21-16-7-5-6-8-17(16)26-20/h5-8,14-15H,3-4,9-13H2,1-2H3. The van der Waals surface area contributed by atoms with Crippen molar-refractivity contribution in [2.45, 2.75) is 57.9 Å². The first-order valence-electron chi connectivity index (χ1n) is 9.66. The van der Waals surface area contributed by atoms with Crippen LogP contribution in [0.5, 0.6) is 0 Å². The maximum atomic E-state index is 5.52. The predicted octanol–water partition coefficient (Wildman–Crippen LogP) is 4.96. The molecule has 1 aliphatic rings. The number of likely N-dealkylation sites (tertiary alicyclic amines) is 1. The predicted molar refractivity (Wildman–Crippen MR) is 104 cm³/mol. The fourth-order valence-corrected chi connectivity index (χ4v) is 4.76. The minimum absolute atomic E-state index is 0.189. The van der Waals surface area contributed by atoms with Crippen LogP contribution in [0.1, 0.15) is 68.2 Å². The number of benzene rings is 1. The monoisotopic (exact) mass is 370 g/mol. The second-order valence-corrected chi connectivity index (χ2v) is 8.22. The van der Waals surface area contributed by atoms with Gasteiger partial charge >= 0.3 is 0 Å². The van der Waals surface area contributed by atoms with Crippen molar-refractivity contribution in [2.75, 3.05) is 13.1 Å². The van der Waals surface area contributed by atoms with Crippen LogP contribution in [0, 0.1) is 0 Å². The van der Waals surface area contributed by atoms with E-state index >= 15 is 0 Å². The third kappa shape index (κ3) is 3.67. The molecule has 2 aromatic heterocycles. The van der Waals surface area contributed by atoms with Crippen molar-refractivity contribution in [3.05, 3.63) is 41.0 Å². The van der Waals surface area contributed by atoms with E-state index < -0.39 is 0 Å². The van der Waals surface area contributed by atoms with Crippen LogP contribution in [0.25, 0.3) is 10.2 Å². The Kier molecular flexibility index (Phi) is 5.31. The lowest BCUT2D eigenvalue weighted by molar-refractivity contribution is 0.136. The quantitative estimate of drug-likeness (QED) is 0.614. The molecule has 4 rings (SSSR count). The van der Waals surface area contributed by atoms with E-state index in [-0.39, 0.29) is 6.04 Å². The van der Waals surface area contributed by atoms with E-state index in [0.29, 0.717) is 5.92 Å². The largest absolute Gasteiger partial charge is 0.338 e. The zero-order valence-electron chi connectivity index (χ0n) is 15.5. The third-order valence-electron chi connectivity index (χ3n) is 5.33. The lowest BCUT2D eigenvalue weighted by Crippen LogP contribution is -2.35. The zero-order valence-corrected chi connectivity index (χ0v) is 16.3. The van der Waals surface area contributed by atoms with Crippen LogP contribution in [-0.2, 0) is 6.42 Å². The van der Waals surface area contributed by atoms with Crippen LogP contribution < -0.4 is 0 Å². The molecular weight excluding hydrogens is 344 g/mol. The van der Waals surface area contributed by atoms with Gasteiger partial charge < -0.3 is 4.52 Å². The van der Waals surface area contributed by atoms with Gasteiger partial charge in [0.1, 0.15) is 0 Å². The van der Waals surface area contributed by atoms with E-state index in [9.17, 15) is 0 Å². The number of unbranched alkanes of at least 4 members (excludes halogenated alkanes) is 1. The zero-order chi connectivity index (χ0) is 17.9. The Balaban J connectivity index is 1.37. The molecule has 3 heterocycles. The smallest absolute Gasteiger partial charge is 0.243 e.